The van der Waals surface area contributed by atoms with Crippen LogP contribution in [0.25, 0.3) is 0 Å². The Balaban J connectivity index is 2.26. The number of rotatable bonds is 4. The van der Waals surface area contributed by atoms with Gasteiger partial charge in [0.25, 0.3) is 0 Å². The second-order valence-corrected chi connectivity index (χ2v) is 4.20. The minimum Gasteiger partial charge on any atom is -0.439 e. The van der Waals surface area contributed by atoms with Crippen LogP contribution in [0.5, 0.6) is 11.6 Å². The average Bonchev–Trinajstić information content (AvgIpc) is 2.47. The van der Waals surface area contributed by atoms with Crippen LogP contribution in [0.4, 0.5) is 0 Å². The number of hydrogen-bond donors (Lipinski definition) is 0. The SMILES string of the molecule is CCc1ccc(Oc2cccc(C#N)c2)nc1CC. The summed E-state index contributed by atoms with van der Waals surface area (Å²) in [6, 6.07) is 13.1. The van der Waals surface area contributed by atoms with Gasteiger partial charge < -0.3 is 4.74 Å². The summed E-state index contributed by atoms with van der Waals surface area (Å²) in [6.45, 7) is 4.20. The molecule has 1 heterocycles. The lowest BCUT2D eigenvalue weighted by Gasteiger charge is -2.09. The lowest BCUT2D eigenvalue weighted by atomic mass is 10.1. The van der Waals surface area contributed by atoms with Crippen molar-refractivity contribution in [3.63, 3.8) is 0 Å². The molecule has 0 fully saturated rings. The zero-order valence-electron chi connectivity index (χ0n) is 11.2. The molecule has 3 nitrogen and oxygen atoms in total. The van der Waals surface area contributed by atoms with Gasteiger partial charge in [0.2, 0.25) is 5.88 Å². The zero-order valence-corrected chi connectivity index (χ0v) is 11.2. The van der Waals surface area contributed by atoms with E-state index in [0.717, 1.165) is 18.5 Å². The van der Waals surface area contributed by atoms with Gasteiger partial charge >= 0.3 is 0 Å². The van der Waals surface area contributed by atoms with Gasteiger partial charge in [0.15, 0.2) is 0 Å². The van der Waals surface area contributed by atoms with E-state index in [9.17, 15) is 0 Å². The molecular formula is C16H16N2O. The van der Waals surface area contributed by atoms with E-state index in [2.05, 4.69) is 31.0 Å². The Labute approximate surface area is 113 Å². The van der Waals surface area contributed by atoms with Crippen LogP contribution in [-0.4, -0.2) is 4.98 Å². The third-order valence-electron chi connectivity index (χ3n) is 2.94. The Bertz CT molecular complexity index is 614. The van der Waals surface area contributed by atoms with Crippen molar-refractivity contribution < 1.29 is 4.74 Å². The van der Waals surface area contributed by atoms with Crippen molar-refractivity contribution in [2.24, 2.45) is 0 Å². The number of nitrogens with zero attached hydrogens (tertiary/aromatic N) is 2. The maximum Gasteiger partial charge on any atom is 0.219 e. The molecule has 0 radical (unpaired) electrons. The maximum atomic E-state index is 8.86. The topological polar surface area (TPSA) is 45.9 Å². The number of nitriles is 1. The smallest absolute Gasteiger partial charge is 0.219 e. The molecule has 2 rings (SSSR count). The van der Waals surface area contributed by atoms with E-state index in [-0.39, 0.29) is 0 Å². The summed E-state index contributed by atoms with van der Waals surface area (Å²) in [7, 11) is 0. The lowest BCUT2D eigenvalue weighted by molar-refractivity contribution is 0.460. The highest BCUT2D eigenvalue weighted by Gasteiger charge is 2.05. The predicted molar refractivity (Wildman–Crippen MR) is 74.2 cm³/mol. The quantitative estimate of drug-likeness (QED) is 0.829. The van der Waals surface area contributed by atoms with Crippen molar-refractivity contribution in [2.75, 3.05) is 0 Å². The highest BCUT2D eigenvalue weighted by molar-refractivity contribution is 5.38. The van der Waals surface area contributed by atoms with Crippen molar-refractivity contribution in [2.45, 2.75) is 26.7 Å². The molecular weight excluding hydrogens is 236 g/mol. The Morgan fingerprint density at radius 3 is 2.68 bits per heavy atom. The van der Waals surface area contributed by atoms with Gasteiger partial charge in [-0.25, -0.2) is 4.98 Å². The number of hydrogen-bond acceptors (Lipinski definition) is 3. The Hall–Kier alpha value is -2.34. The van der Waals surface area contributed by atoms with E-state index in [1.165, 1.54) is 5.56 Å². The van der Waals surface area contributed by atoms with Crippen molar-refractivity contribution >= 4 is 0 Å². The summed E-state index contributed by atoms with van der Waals surface area (Å²) >= 11 is 0. The molecule has 19 heavy (non-hydrogen) atoms. The summed E-state index contributed by atoms with van der Waals surface area (Å²) in [4.78, 5) is 4.51. The van der Waals surface area contributed by atoms with Crippen LogP contribution in [0.15, 0.2) is 36.4 Å². The molecule has 0 unspecified atom stereocenters. The molecule has 0 bridgehead atoms. The number of ether oxygens (including phenoxy) is 1. The molecule has 0 saturated carbocycles. The van der Waals surface area contributed by atoms with Crippen LogP contribution in [0.1, 0.15) is 30.7 Å². The minimum absolute atomic E-state index is 0.573. The van der Waals surface area contributed by atoms with Crippen LogP contribution in [0.2, 0.25) is 0 Å². The van der Waals surface area contributed by atoms with E-state index < -0.39 is 0 Å². The third-order valence-corrected chi connectivity index (χ3v) is 2.94. The van der Waals surface area contributed by atoms with Crippen LogP contribution in [0, 0.1) is 11.3 Å². The highest BCUT2D eigenvalue weighted by Crippen LogP contribution is 2.22. The first-order valence-electron chi connectivity index (χ1n) is 6.43. The summed E-state index contributed by atoms with van der Waals surface area (Å²) in [5.74, 6) is 1.21. The minimum atomic E-state index is 0.573. The molecule has 0 amide bonds. The summed E-state index contributed by atoms with van der Waals surface area (Å²) in [6.07, 6.45) is 1.86. The molecule has 0 aliphatic carbocycles. The van der Waals surface area contributed by atoms with E-state index in [1.807, 2.05) is 12.1 Å². The average molecular weight is 252 g/mol. The maximum absolute atomic E-state index is 8.86. The van der Waals surface area contributed by atoms with Crippen molar-refractivity contribution in [1.29, 1.82) is 5.26 Å². The lowest BCUT2D eigenvalue weighted by Crippen LogP contribution is -1.97. The fourth-order valence-corrected chi connectivity index (χ4v) is 1.94. The molecule has 0 aliphatic rings. The predicted octanol–water partition coefficient (Wildman–Crippen LogP) is 3.87. The molecule has 0 atom stereocenters. The van der Waals surface area contributed by atoms with Crippen LogP contribution in [-0.2, 0) is 12.8 Å². The van der Waals surface area contributed by atoms with Crippen molar-refractivity contribution in [3.8, 4) is 17.7 Å². The standard InChI is InChI=1S/C16H16N2O/c1-3-13-8-9-16(18-15(13)4-2)19-14-7-5-6-12(10-14)11-17/h5-10H,3-4H2,1-2H3. The molecule has 2 aromatic rings. The van der Waals surface area contributed by atoms with Gasteiger partial charge in [-0.3, -0.25) is 0 Å². The monoisotopic (exact) mass is 252 g/mol. The normalized spacial score (nSPS) is 9.95. The number of pyridine rings is 1. The van der Waals surface area contributed by atoms with E-state index >= 15 is 0 Å². The molecule has 0 spiro atoms. The fourth-order valence-electron chi connectivity index (χ4n) is 1.94. The first kappa shape index (κ1) is 13.1. The first-order valence-corrected chi connectivity index (χ1v) is 6.43. The summed E-state index contributed by atoms with van der Waals surface area (Å²) in [5, 5.41) is 8.86. The molecule has 0 saturated heterocycles. The molecule has 0 N–H and O–H groups in total. The van der Waals surface area contributed by atoms with Gasteiger partial charge in [-0.15, -0.1) is 0 Å². The molecule has 96 valence electrons. The number of benzene rings is 1. The summed E-state index contributed by atoms with van der Waals surface area (Å²) in [5.41, 5.74) is 2.90. The van der Waals surface area contributed by atoms with E-state index in [4.69, 9.17) is 10.00 Å². The fraction of sp³-hybridized carbons (Fsp3) is 0.250. The van der Waals surface area contributed by atoms with Gasteiger partial charge in [-0.05, 0) is 36.6 Å². The van der Waals surface area contributed by atoms with E-state index in [1.54, 1.807) is 18.2 Å². The highest BCUT2D eigenvalue weighted by atomic mass is 16.5. The first-order chi connectivity index (χ1) is 9.26. The third kappa shape index (κ3) is 3.11. The second kappa shape index (κ2) is 6.01. The van der Waals surface area contributed by atoms with Crippen molar-refractivity contribution in [1.82, 2.24) is 4.98 Å². The van der Waals surface area contributed by atoms with Gasteiger partial charge in [-0.1, -0.05) is 26.0 Å². The van der Waals surface area contributed by atoms with Gasteiger partial charge in [0.05, 0.1) is 11.6 Å². The van der Waals surface area contributed by atoms with Crippen LogP contribution >= 0.6 is 0 Å². The van der Waals surface area contributed by atoms with Crippen molar-refractivity contribution in [3.05, 3.63) is 53.2 Å². The Morgan fingerprint density at radius 1 is 1.16 bits per heavy atom. The van der Waals surface area contributed by atoms with Gasteiger partial charge in [0, 0.05) is 11.8 Å². The molecule has 1 aromatic heterocycles. The largest absolute Gasteiger partial charge is 0.439 e. The number of aryl methyl sites for hydroxylation is 2. The summed E-state index contributed by atoms with van der Waals surface area (Å²) < 4.78 is 5.70. The second-order valence-electron chi connectivity index (χ2n) is 4.20. The molecule has 0 aliphatic heterocycles. The zero-order chi connectivity index (χ0) is 13.7. The van der Waals surface area contributed by atoms with Crippen LogP contribution < -0.4 is 4.74 Å². The van der Waals surface area contributed by atoms with Gasteiger partial charge in [-0.2, -0.15) is 5.26 Å². The van der Waals surface area contributed by atoms with Gasteiger partial charge in [0.1, 0.15) is 5.75 Å². The molecule has 1 aromatic carbocycles. The Kier molecular flexibility index (Phi) is 4.15. The van der Waals surface area contributed by atoms with E-state index in [0.29, 0.717) is 17.2 Å². The van der Waals surface area contributed by atoms with Crippen LogP contribution in [0.3, 0.4) is 0 Å². The number of aromatic nitrogens is 1. The Morgan fingerprint density at radius 2 is 2.00 bits per heavy atom. The molecule has 3 heteroatoms.